The van der Waals surface area contributed by atoms with Crippen LogP contribution >= 0.6 is 0 Å². The Labute approximate surface area is 96.3 Å². The number of nitrogens with one attached hydrogen (secondary N) is 1. The van der Waals surface area contributed by atoms with Gasteiger partial charge in [0.25, 0.3) is 0 Å². The molecule has 0 spiro atoms. The summed E-state index contributed by atoms with van der Waals surface area (Å²) in [4.78, 5) is 0.239. The summed E-state index contributed by atoms with van der Waals surface area (Å²) >= 11 is 0. The second kappa shape index (κ2) is 4.71. The number of nitrogens with zero attached hydrogens (tertiary/aromatic N) is 1. The van der Waals surface area contributed by atoms with E-state index in [9.17, 15) is 8.42 Å². The maximum Gasteiger partial charge on any atom is 0.242 e. The van der Waals surface area contributed by atoms with Crippen LogP contribution in [0.5, 0.6) is 0 Å². The molecule has 6 heteroatoms. The van der Waals surface area contributed by atoms with E-state index in [0.29, 0.717) is 17.9 Å². The van der Waals surface area contributed by atoms with Gasteiger partial charge in [-0.05, 0) is 25.1 Å². The average Bonchev–Trinajstić information content (AvgIpc) is 2.21. The van der Waals surface area contributed by atoms with Crippen LogP contribution in [0.25, 0.3) is 0 Å². The first-order valence-electron chi connectivity index (χ1n) is 4.95. The highest BCUT2D eigenvalue weighted by Gasteiger charge is 2.17. The molecule has 0 amide bonds. The number of nitrogen functional groups attached to an aromatic ring is 1. The van der Waals surface area contributed by atoms with E-state index in [1.807, 2.05) is 6.92 Å². The topological polar surface area (TPSA) is 75.4 Å². The maximum atomic E-state index is 11.9. The summed E-state index contributed by atoms with van der Waals surface area (Å²) in [6.07, 6.45) is 0. The minimum atomic E-state index is -3.40. The van der Waals surface area contributed by atoms with Crippen LogP contribution in [0.4, 0.5) is 11.4 Å². The number of hydrogen-bond donors (Lipinski definition) is 2. The SMILES string of the molecule is CCNc1cc(S(=O)(=O)N(C)C)ccc1N. The number of benzene rings is 1. The predicted octanol–water partition coefficient (Wildman–Crippen LogP) is 0.951. The van der Waals surface area contributed by atoms with Gasteiger partial charge in [-0.2, -0.15) is 0 Å². The van der Waals surface area contributed by atoms with E-state index >= 15 is 0 Å². The highest BCUT2D eigenvalue weighted by molar-refractivity contribution is 7.89. The molecule has 0 aliphatic heterocycles. The van der Waals surface area contributed by atoms with Gasteiger partial charge in [-0.15, -0.1) is 0 Å². The summed E-state index contributed by atoms with van der Waals surface area (Å²) in [6, 6.07) is 4.65. The monoisotopic (exact) mass is 243 g/mol. The Balaban J connectivity index is 3.23. The number of anilines is 2. The van der Waals surface area contributed by atoms with Crippen molar-refractivity contribution in [2.75, 3.05) is 31.7 Å². The van der Waals surface area contributed by atoms with E-state index in [1.165, 1.54) is 24.5 Å². The molecule has 1 rings (SSSR count). The normalized spacial score (nSPS) is 11.8. The molecule has 0 saturated carbocycles. The fraction of sp³-hybridized carbons (Fsp3) is 0.400. The van der Waals surface area contributed by atoms with Gasteiger partial charge in [0.15, 0.2) is 0 Å². The minimum absolute atomic E-state index is 0.239. The molecule has 0 heterocycles. The quantitative estimate of drug-likeness (QED) is 0.772. The molecule has 3 N–H and O–H groups in total. The van der Waals surface area contributed by atoms with Crippen molar-refractivity contribution < 1.29 is 8.42 Å². The smallest absolute Gasteiger partial charge is 0.242 e. The first-order chi connectivity index (χ1) is 7.39. The molecule has 0 unspecified atom stereocenters. The molecule has 1 aromatic rings. The summed E-state index contributed by atoms with van der Waals surface area (Å²) in [5.41, 5.74) is 6.91. The molecule has 0 aliphatic carbocycles. The molecule has 0 aromatic heterocycles. The number of sulfonamides is 1. The van der Waals surface area contributed by atoms with Gasteiger partial charge in [0.1, 0.15) is 0 Å². The zero-order chi connectivity index (χ0) is 12.3. The van der Waals surface area contributed by atoms with Crippen molar-refractivity contribution >= 4 is 21.4 Å². The first-order valence-corrected chi connectivity index (χ1v) is 6.39. The third-order valence-electron chi connectivity index (χ3n) is 2.17. The van der Waals surface area contributed by atoms with Crippen LogP contribution in [0.15, 0.2) is 23.1 Å². The van der Waals surface area contributed by atoms with E-state index < -0.39 is 10.0 Å². The standard InChI is InChI=1S/C10H17N3O2S/c1-4-12-10-7-8(5-6-9(10)11)16(14,15)13(2)3/h5-7,12H,4,11H2,1-3H3. The first kappa shape index (κ1) is 12.8. The van der Waals surface area contributed by atoms with Gasteiger partial charge >= 0.3 is 0 Å². The molecular weight excluding hydrogens is 226 g/mol. The molecule has 0 saturated heterocycles. The van der Waals surface area contributed by atoms with Crippen LogP contribution in [0.3, 0.4) is 0 Å². The maximum absolute atomic E-state index is 11.9. The summed E-state index contributed by atoms with van der Waals surface area (Å²) in [5, 5.41) is 3.02. The lowest BCUT2D eigenvalue weighted by Gasteiger charge is -2.14. The molecule has 0 fully saturated rings. The summed E-state index contributed by atoms with van der Waals surface area (Å²) in [7, 11) is -0.399. The Hall–Kier alpha value is -1.27. The Bertz CT molecular complexity index is 469. The minimum Gasteiger partial charge on any atom is -0.397 e. The van der Waals surface area contributed by atoms with E-state index in [4.69, 9.17) is 5.73 Å². The summed E-state index contributed by atoms with van der Waals surface area (Å²) in [6.45, 7) is 2.61. The van der Waals surface area contributed by atoms with Gasteiger partial charge in [0.05, 0.1) is 16.3 Å². The molecule has 16 heavy (non-hydrogen) atoms. The van der Waals surface area contributed by atoms with Crippen molar-refractivity contribution in [2.45, 2.75) is 11.8 Å². The molecule has 0 aliphatic rings. The molecule has 1 aromatic carbocycles. The lowest BCUT2D eigenvalue weighted by molar-refractivity contribution is 0.521. The van der Waals surface area contributed by atoms with Crippen LogP contribution in [0.1, 0.15) is 6.92 Å². The largest absolute Gasteiger partial charge is 0.397 e. The van der Waals surface area contributed by atoms with E-state index in [1.54, 1.807) is 12.1 Å². The number of rotatable bonds is 4. The van der Waals surface area contributed by atoms with Crippen molar-refractivity contribution in [1.29, 1.82) is 0 Å². The van der Waals surface area contributed by atoms with Crippen LogP contribution in [0, 0.1) is 0 Å². The Morgan fingerprint density at radius 1 is 1.38 bits per heavy atom. The highest BCUT2D eigenvalue weighted by atomic mass is 32.2. The lowest BCUT2D eigenvalue weighted by Crippen LogP contribution is -2.22. The average molecular weight is 243 g/mol. The van der Waals surface area contributed by atoms with E-state index in [0.717, 1.165) is 0 Å². The van der Waals surface area contributed by atoms with Crippen molar-refractivity contribution in [3.05, 3.63) is 18.2 Å². The molecule has 0 bridgehead atoms. The Morgan fingerprint density at radius 3 is 2.50 bits per heavy atom. The lowest BCUT2D eigenvalue weighted by atomic mass is 10.2. The molecule has 0 radical (unpaired) electrons. The van der Waals surface area contributed by atoms with Crippen LogP contribution in [-0.2, 0) is 10.0 Å². The van der Waals surface area contributed by atoms with Gasteiger partial charge in [-0.25, -0.2) is 12.7 Å². The second-order valence-corrected chi connectivity index (χ2v) is 5.72. The highest BCUT2D eigenvalue weighted by Crippen LogP contribution is 2.23. The molecular formula is C10H17N3O2S. The fourth-order valence-corrected chi connectivity index (χ4v) is 2.18. The fourth-order valence-electron chi connectivity index (χ4n) is 1.25. The van der Waals surface area contributed by atoms with Crippen LogP contribution in [0.2, 0.25) is 0 Å². The third kappa shape index (κ3) is 2.45. The number of nitrogens with two attached hydrogens (primary N) is 1. The Morgan fingerprint density at radius 2 is 2.00 bits per heavy atom. The van der Waals surface area contributed by atoms with Gasteiger partial charge < -0.3 is 11.1 Å². The zero-order valence-electron chi connectivity index (χ0n) is 9.69. The van der Waals surface area contributed by atoms with Crippen molar-refractivity contribution in [3.63, 3.8) is 0 Å². The summed E-state index contributed by atoms with van der Waals surface area (Å²) in [5.74, 6) is 0. The van der Waals surface area contributed by atoms with Crippen molar-refractivity contribution in [2.24, 2.45) is 0 Å². The van der Waals surface area contributed by atoms with E-state index in [-0.39, 0.29) is 4.90 Å². The Kier molecular flexibility index (Phi) is 3.77. The third-order valence-corrected chi connectivity index (χ3v) is 3.98. The predicted molar refractivity (Wildman–Crippen MR) is 65.9 cm³/mol. The number of hydrogen-bond acceptors (Lipinski definition) is 4. The summed E-state index contributed by atoms with van der Waals surface area (Å²) < 4.78 is 24.9. The molecule has 5 nitrogen and oxygen atoms in total. The van der Waals surface area contributed by atoms with Crippen LogP contribution < -0.4 is 11.1 Å². The van der Waals surface area contributed by atoms with Crippen LogP contribution in [-0.4, -0.2) is 33.4 Å². The second-order valence-electron chi connectivity index (χ2n) is 3.57. The van der Waals surface area contributed by atoms with Crippen molar-refractivity contribution in [1.82, 2.24) is 4.31 Å². The zero-order valence-corrected chi connectivity index (χ0v) is 10.5. The van der Waals surface area contributed by atoms with Gasteiger partial charge in [0, 0.05) is 20.6 Å². The van der Waals surface area contributed by atoms with Gasteiger partial charge in [-0.3, -0.25) is 0 Å². The van der Waals surface area contributed by atoms with E-state index in [2.05, 4.69) is 5.32 Å². The molecule has 90 valence electrons. The van der Waals surface area contributed by atoms with Crippen molar-refractivity contribution in [3.8, 4) is 0 Å². The van der Waals surface area contributed by atoms with Gasteiger partial charge in [0.2, 0.25) is 10.0 Å². The molecule has 0 atom stereocenters. The van der Waals surface area contributed by atoms with Gasteiger partial charge in [-0.1, -0.05) is 0 Å².